The molecule has 0 aromatic rings. The van der Waals surface area contributed by atoms with E-state index in [1.54, 1.807) is 0 Å². The largest absolute Gasteiger partial charge is 0.748 e. The van der Waals surface area contributed by atoms with Gasteiger partial charge in [-0.05, 0) is 41.5 Å². The number of ketones is 3. The number of fused-ring (bicyclic) bond motifs is 2. The third-order valence-corrected chi connectivity index (χ3v) is 10.2. The lowest BCUT2D eigenvalue weighted by Gasteiger charge is -2.37. The smallest absolute Gasteiger partial charge is 0.181 e. The van der Waals surface area contributed by atoms with Crippen LogP contribution in [0.15, 0.2) is 0 Å². The lowest BCUT2D eigenvalue weighted by molar-refractivity contribution is -0.128. The van der Waals surface area contributed by atoms with Gasteiger partial charge in [0.2, 0.25) is 0 Å². The number of Topliss-reactive ketones (excluding diaryl/α,β-unsaturated/α-hetero) is 3. The number of unbranched alkanes of at least 4 members (excludes halogenated alkanes) is 1. The van der Waals surface area contributed by atoms with Crippen LogP contribution in [0.1, 0.15) is 72.1 Å². The van der Waals surface area contributed by atoms with Gasteiger partial charge in [-0.2, -0.15) is 0 Å². The Labute approximate surface area is 177 Å². The zero-order valence-electron chi connectivity index (χ0n) is 17.8. The first-order valence-corrected chi connectivity index (χ1v) is 13.9. The van der Waals surface area contributed by atoms with Gasteiger partial charge in [0, 0.05) is 18.3 Å². The summed E-state index contributed by atoms with van der Waals surface area (Å²) in [6.45, 7) is 5.94. The third kappa shape index (κ3) is 5.91. The van der Waals surface area contributed by atoms with Crippen molar-refractivity contribution in [2.75, 3.05) is 23.0 Å². The highest BCUT2D eigenvalue weighted by Gasteiger charge is 2.64. The summed E-state index contributed by atoms with van der Waals surface area (Å²) < 4.78 is 32.7. The highest BCUT2D eigenvalue weighted by molar-refractivity contribution is 7.97. The van der Waals surface area contributed by atoms with Gasteiger partial charge in [0.25, 0.3) is 0 Å². The van der Waals surface area contributed by atoms with E-state index in [1.807, 2.05) is 13.8 Å². The average Bonchev–Trinajstić information content (AvgIpc) is 2.95. The first-order valence-electron chi connectivity index (χ1n) is 10.6. The van der Waals surface area contributed by atoms with Gasteiger partial charge >= 0.3 is 0 Å². The minimum Gasteiger partial charge on any atom is -0.748 e. The molecule has 0 amide bonds. The van der Waals surface area contributed by atoms with E-state index < -0.39 is 21.3 Å². The highest BCUT2D eigenvalue weighted by atomic mass is 32.2. The van der Waals surface area contributed by atoms with Crippen molar-refractivity contribution in [3.8, 4) is 0 Å². The van der Waals surface area contributed by atoms with Crippen LogP contribution in [0.4, 0.5) is 0 Å². The Hall–Kier alpha value is -0.730. The van der Waals surface area contributed by atoms with Crippen molar-refractivity contribution < 1.29 is 27.4 Å². The molecular weight excluding hydrogens is 412 g/mol. The number of carbonyl (C=O) groups excluding carboxylic acids is 3. The number of hydrogen-bond donors (Lipinski definition) is 0. The van der Waals surface area contributed by atoms with Crippen LogP contribution in [0.5, 0.6) is 0 Å². The van der Waals surface area contributed by atoms with Gasteiger partial charge in [0.1, 0.15) is 23.1 Å². The normalized spacial score (nSPS) is 28.9. The summed E-state index contributed by atoms with van der Waals surface area (Å²) >= 11 is 0. The zero-order valence-corrected chi connectivity index (χ0v) is 19.5. The van der Waals surface area contributed by atoms with Crippen LogP contribution >= 0.6 is 0 Å². The van der Waals surface area contributed by atoms with E-state index in [-0.39, 0.29) is 28.0 Å². The molecular formula is C21H34O6S2. The van der Waals surface area contributed by atoms with E-state index >= 15 is 0 Å². The monoisotopic (exact) mass is 446 g/mol. The molecule has 2 aliphatic carbocycles. The fourth-order valence-electron chi connectivity index (χ4n) is 4.97. The molecule has 3 fully saturated rings. The van der Waals surface area contributed by atoms with E-state index in [1.165, 1.54) is 0 Å². The number of carbonyl (C=O) groups is 3. The maximum Gasteiger partial charge on any atom is 0.181 e. The summed E-state index contributed by atoms with van der Waals surface area (Å²) in [5.41, 5.74) is -1.22. The fraction of sp³-hybridized carbons (Fsp3) is 0.857. The van der Waals surface area contributed by atoms with Crippen molar-refractivity contribution in [3.63, 3.8) is 0 Å². The molecule has 3 aliphatic rings. The molecule has 2 saturated carbocycles. The van der Waals surface area contributed by atoms with Crippen molar-refractivity contribution in [3.05, 3.63) is 0 Å². The summed E-state index contributed by atoms with van der Waals surface area (Å²) in [4.78, 5) is 34.3. The van der Waals surface area contributed by atoms with E-state index in [9.17, 15) is 27.4 Å². The van der Waals surface area contributed by atoms with E-state index in [0.29, 0.717) is 37.2 Å². The van der Waals surface area contributed by atoms with E-state index in [4.69, 9.17) is 0 Å². The molecule has 0 aromatic carbocycles. The molecule has 0 N–H and O–H groups in total. The Bertz CT molecular complexity index is 732. The van der Waals surface area contributed by atoms with Crippen molar-refractivity contribution in [2.24, 2.45) is 16.7 Å². The molecule has 6 nitrogen and oxygen atoms in total. The second kappa shape index (κ2) is 9.60. The van der Waals surface area contributed by atoms with Crippen LogP contribution in [0, 0.1) is 16.7 Å². The SMILES string of the molecule is CC1(C)C2CCC1(CS(=O)(=O)[O-])C(=O)C2.CCCCC(=O)C[S+]1CCC(=O)CC1. The summed E-state index contributed by atoms with van der Waals surface area (Å²) in [5, 5.41) is 0. The van der Waals surface area contributed by atoms with Crippen LogP contribution in [-0.2, 0) is 35.4 Å². The average molecular weight is 447 g/mol. The summed E-state index contributed by atoms with van der Waals surface area (Å²) in [6.07, 6.45) is 6.16. The molecule has 8 heteroatoms. The summed E-state index contributed by atoms with van der Waals surface area (Å²) in [5.74, 6) is 3.19. The molecule has 0 spiro atoms. The minimum atomic E-state index is -4.33. The summed E-state index contributed by atoms with van der Waals surface area (Å²) in [7, 11) is -4.10. The maximum atomic E-state index is 11.8. The van der Waals surface area contributed by atoms with Gasteiger partial charge < -0.3 is 4.55 Å². The molecule has 166 valence electrons. The second-order valence-electron chi connectivity index (χ2n) is 9.21. The predicted octanol–water partition coefficient (Wildman–Crippen LogP) is 2.65. The Morgan fingerprint density at radius 3 is 2.28 bits per heavy atom. The molecule has 29 heavy (non-hydrogen) atoms. The van der Waals surface area contributed by atoms with Gasteiger partial charge in [-0.25, -0.2) is 8.42 Å². The molecule has 1 saturated heterocycles. The Morgan fingerprint density at radius 2 is 1.83 bits per heavy atom. The van der Waals surface area contributed by atoms with Crippen LogP contribution in [0.25, 0.3) is 0 Å². The molecule has 0 radical (unpaired) electrons. The number of hydrogen-bond acceptors (Lipinski definition) is 6. The van der Waals surface area contributed by atoms with Crippen LogP contribution < -0.4 is 0 Å². The molecule has 0 aromatic heterocycles. The first-order chi connectivity index (χ1) is 13.4. The molecule has 1 aliphatic heterocycles. The van der Waals surface area contributed by atoms with Crippen molar-refractivity contribution >= 4 is 38.4 Å². The maximum absolute atomic E-state index is 11.8. The zero-order chi connectivity index (χ0) is 21.9. The fourth-order valence-corrected chi connectivity index (χ4v) is 8.38. The Morgan fingerprint density at radius 1 is 1.21 bits per heavy atom. The second-order valence-corrected chi connectivity index (χ2v) is 12.9. The molecule has 2 bridgehead atoms. The number of rotatable bonds is 7. The van der Waals surface area contributed by atoms with Gasteiger partial charge in [-0.1, -0.05) is 27.2 Å². The van der Waals surface area contributed by atoms with Crippen molar-refractivity contribution in [1.29, 1.82) is 0 Å². The predicted molar refractivity (Wildman–Crippen MR) is 114 cm³/mol. The lowest BCUT2D eigenvalue weighted by Crippen LogP contribution is -2.42. The van der Waals surface area contributed by atoms with E-state index in [2.05, 4.69) is 6.92 Å². The Balaban J connectivity index is 0.000000208. The quantitative estimate of drug-likeness (QED) is 0.439. The molecule has 2 atom stereocenters. The lowest BCUT2D eigenvalue weighted by atomic mass is 9.70. The Kier molecular flexibility index (Phi) is 8.13. The van der Waals surface area contributed by atoms with Gasteiger partial charge in [0.05, 0.1) is 28.7 Å². The van der Waals surface area contributed by atoms with Crippen LogP contribution in [0.3, 0.4) is 0 Å². The highest BCUT2D eigenvalue weighted by Crippen LogP contribution is 2.64. The molecule has 2 unspecified atom stereocenters. The van der Waals surface area contributed by atoms with E-state index in [0.717, 1.165) is 42.9 Å². The van der Waals surface area contributed by atoms with Gasteiger partial charge in [0.15, 0.2) is 11.5 Å². The summed E-state index contributed by atoms with van der Waals surface area (Å²) in [6, 6.07) is 0. The first kappa shape index (κ1) is 24.5. The van der Waals surface area contributed by atoms with Crippen LogP contribution in [-0.4, -0.2) is 53.3 Å². The van der Waals surface area contributed by atoms with Gasteiger partial charge in [-0.15, -0.1) is 0 Å². The van der Waals surface area contributed by atoms with Crippen LogP contribution in [0.2, 0.25) is 0 Å². The van der Waals surface area contributed by atoms with Crippen molar-refractivity contribution in [1.82, 2.24) is 0 Å². The standard InChI is InChI=1S/C11H19O2S.C10H16O4S/c1-2-3-4-11(13)9-14-7-5-10(12)6-8-14;1-9(2)7-3-4-10(9,8(11)5-7)6-15(12,13)14/h2-9H2,1H3;7H,3-6H2,1-2H3,(H,12,13,14)/q+1;/p-1. The minimum absolute atomic E-state index is 0.0248. The third-order valence-electron chi connectivity index (χ3n) is 7.08. The molecule has 3 rings (SSSR count). The topological polar surface area (TPSA) is 108 Å². The molecule has 1 heterocycles. The van der Waals surface area contributed by atoms with Crippen molar-refractivity contribution in [2.45, 2.75) is 72.1 Å². The van der Waals surface area contributed by atoms with Gasteiger partial charge in [-0.3, -0.25) is 14.4 Å².